The molecule has 19 heavy (non-hydrogen) atoms. The van der Waals surface area contributed by atoms with Crippen LogP contribution in [0.15, 0.2) is 6.20 Å². The Kier molecular flexibility index (Phi) is 3.86. The zero-order valence-electron chi connectivity index (χ0n) is 11.1. The number of amides is 1. The number of nitrogens with zero attached hydrogens (tertiary/aromatic N) is 1. The second-order valence-electron chi connectivity index (χ2n) is 5.24. The molecule has 104 valence electrons. The van der Waals surface area contributed by atoms with E-state index < -0.39 is 11.7 Å². The van der Waals surface area contributed by atoms with Crippen LogP contribution in [-0.4, -0.2) is 29.1 Å². The number of nitrogens with one attached hydrogen (secondary N) is 1. The van der Waals surface area contributed by atoms with Crippen LogP contribution in [-0.2, 0) is 14.3 Å². The lowest BCUT2D eigenvalue weighted by Crippen LogP contribution is -2.27. The van der Waals surface area contributed by atoms with Crippen LogP contribution in [0, 0.1) is 0 Å². The molecule has 1 unspecified atom stereocenters. The highest BCUT2D eigenvalue weighted by molar-refractivity contribution is 7.15. The molecule has 6 nitrogen and oxygen atoms in total. The van der Waals surface area contributed by atoms with Crippen LogP contribution < -0.4 is 5.32 Å². The van der Waals surface area contributed by atoms with Crippen molar-refractivity contribution >= 4 is 28.3 Å². The topological polar surface area (TPSA) is 77.5 Å². The van der Waals surface area contributed by atoms with Crippen molar-refractivity contribution < 1.29 is 19.1 Å². The monoisotopic (exact) mass is 284 g/mol. The first-order chi connectivity index (χ1) is 8.83. The molecule has 0 aromatic carbocycles. The molecule has 0 aliphatic carbocycles. The summed E-state index contributed by atoms with van der Waals surface area (Å²) in [7, 11) is 0. The van der Waals surface area contributed by atoms with Crippen molar-refractivity contribution in [1.29, 1.82) is 0 Å². The number of carbonyl (C=O) groups is 2. The average molecular weight is 284 g/mol. The molecule has 1 aliphatic rings. The highest BCUT2D eigenvalue weighted by Gasteiger charge is 2.26. The fourth-order valence-electron chi connectivity index (χ4n) is 1.59. The van der Waals surface area contributed by atoms with E-state index >= 15 is 0 Å². The molecule has 1 N–H and O–H groups in total. The largest absolute Gasteiger partial charge is 0.444 e. The van der Waals surface area contributed by atoms with Gasteiger partial charge >= 0.3 is 6.09 Å². The third kappa shape index (κ3) is 4.00. The maximum atomic E-state index is 11.6. The fourth-order valence-corrected chi connectivity index (χ4v) is 2.44. The lowest BCUT2D eigenvalue weighted by Gasteiger charge is -2.18. The Hall–Kier alpha value is -1.47. The van der Waals surface area contributed by atoms with Gasteiger partial charge in [-0.25, -0.2) is 9.78 Å². The van der Waals surface area contributed by atoms with Gasteiger partial charge in [0.15, 0.2) is 10.9 Å². The summed E-state index contributed by atoms with van der Waals surface area (Å²) in [6, 6.07) is 0. The highest BCUT2D eigenvalue weighted by atomic mass is 32.1. The molecule has 1 aromatic heterocycles. The summed E-state index contributed by atoms with van der Waals surface area (Å²) < 4.78 is 10.5. The lowest BCUT2D eigenvalue weighted by atomic mass is 10.2. The average Bonchev–Trinajstić information content (AvgIpc) is 2.83. The second kappa shape index (κ2) is 5.26. The zero-order valence-corrected chi connectivity index (χ0v) is 11.9. The van der Waals surface area contributed by atoms with Gasteiger partial charge in [0.1, 0.15) is 18.3 Å². The molecule has 1 saturated heterocycles. The van der Waals surface area contributed by atoms with E-state index in [0.717, 1.165) is 4.88 Å². The molecule has 0 radical (unpaired) electrons. The fraction of sp³-hybridized carbons (Fsp3) is 0.583. The van der Waals surface area contributed by atoms with Crippen molar-refractivity contribution in [3.63, 3.8) is 0 Å². The van der Waals surface area contributed by atoms with E-state index in [4.69, 9.17) is 9.47 Å². The highest BCUT2D eigenvalue weighted by Crippen LogP contribution is 2.32. The van der Waals surface area contributed by atoms with Crippen molar-refractivity contribution in [3.05, 3.63) is 11.1 Å². The Labute approximate surface area is 115 Å². The zero-order chi connectivity index (χ0) is 14.0. The molecule has 0 bridgehead atoms. The first-order valence-electron chi connectivity index (χ1n) is 5.92. The molecule has 1 fully saturated rings. The van der Waals surface area contributed by atoms with Crippen molar-refractivity contribution in [1.82, 2.24) is 4.98 Å². The van der Waals surface area contributed by atoms with Gasteiger partial charge in [0, 0.05) is 12.6 Å². The van der Waals surface area contributed by atoms with E-state index in [2.05, 4.69) is 10.3 Å². The number of anilines is 1. The Balaban J connectivity index is 1.94. The Morgan fingerprint density at radius 3 is 2.89 bits per heavy atom. The summed E-state index contributed by atoms with van der Waals surface area (Å²) in [5, 5.41) is 3.00. The third-order valence-electron chi connectivity index (χ3n) is 2.31. The predicted octanol–water partition coefficient (Wildman–Crippen LogP) is 2.52. The van der Waals surface area contributed by atoms with Gasteiger partial charge in [0.2, 0.25) is 0 Å². The number of ether oxygens (including phenoxy) is 2. The van der Waals surface area contributed by atoms with Gasteiger partial charge in [0.05, 0.1) is 4.88 Å². The number of aromatic nitrogens is 1. The van der Waals surface area contributed by atoms with Crippen molar-refractivity contribution in [3.8, 4) is 0 Å². The Morgan fingerprint density at radius 1 is 1.58 bits per heavy atom. The summed E-state index contributed by atoms with van der Waals surface area (Å²) in [5.74, 6) is 0.0834. The maximum Gasteiger partial charge on any atom is 0.413 e. The van der Waals surface area contributed by atoms with Gasteiger partial charge < -0.3 is 9.47 Å². The SMILES string of the molecule is CC(C)(C)OC(=O)Nc1ncc(C2CC(=O)CO2)s1. The van der Waals surface area contributed by atoms with Gasteiger partial charge in [-0.3, -0.25) is 10.1 Å². The smallest absolute Gasteiger partial charge is 0.413 e. The quantitative estimate of drug-likeness (QED) is 0.903. The molecule has 2 heterocycles. The number of rotatable bonds is 2. The lowest BCUT2D eigenvalue weighted by molar-refractivity contribution is -0.117. The van der Waals surface area contributed by atoms with Gasteiger partial charge in [-0.1, -0.05) is 11.3 Å². The van der Waals surface area contributed by atoms with Crippen LogP contribution >= 0.6 is 11.3 Å². The van der Waals surface area contributed by atoms with E-state index in [1.54, 1.807) is 27.0 Å². The van der Waals surface area contributed by atoms with Crippen molar-refractivity contribution in [2.75, 3.05) is 11.9 Å². The van der Waals surface area contributed by atoms with Gasteiger partial charge in [-0.05, 0) is 20.8 Å². The van der Waals surface area contributed by atoms with E-state index in [1.807, 2.05) is 0 Å². The molecule has 1 atom stereocenters. The maximum absolute atomic E-state index is 11.6. The van der Waals surface area contributed by atoms with Gasteiger partial charge in [0.25, 0.3) is 0 Å². The van der Waals surface area contributed by atoms with E-state index in [9.17, 15) is 9.59 Å². The van der Waals surface area contributed by atoms with Gasteiger partial charge in [-0.15, -0.1) is 0 Å². The number of hydrogen-bond acceptors (Lipinski definition) is 6. The van der Waals surface area contributed by atoms with E-state index in [1.165, 1.54) is 11.3 Å². The van der Waals surface area contributed by atoms with E-state index in [-0.39, 0.29) is 18.5 Å². The number of Topliss-reactive ketones (excluding diaryl/α,β-unsaturated/α-hetero) is 1. The molecule has 7 heteroatoms. The molecular formula is C12H16N2O4S. The first kappa shape index (κ1) is 14.0. The first-order valence-corrected chi connectivity index (χ1v) is 6.74. The molecule has 1 aliphatic heterocycles. The standard InChI is InChI=1S/C12H16N2O4S/c1-12(2,3)18-11(16)14-10-13-5-9(19-10)8-4-7(15)6-17-8/h5,8H,4,6H2,1-3H3,(H,13,14,16). The van der Waals surface area contributed by atoms with Crippen LogP contribution in [0.1, 0.15) is 38.2 Å². The van der Waals surface area contributed by atoms with Crippen molar-refractivity contribution in [2.45, 2.75) is 38.9 Å². The molecular weight excluding hydrogens is 268 g/mol. The Bertz CT molecular complexity index is 492. The van der Waals surface area contributed by atoms with Gasteiger partial charge in [-0.2, -0.15) is 0 Å². The van der Waals surface area contributed by atoms with Crippen LogP contribution in [0.2, 0.25) is 0 Å². The summed E-state index contributed by atoms with van der Waals surface area (Å²) in [6.45, 7) is 5.52. The minimum atomic E-state index is -0.550. The van der Waals surface area contributed by atoms with Crippen LogP contribution in [0.4, 0.5) is 9.93 Å². The molecule has 0 spiro atoms. The summed E-state index contributed by atoms with van der Waals surface area (Å²) in [5.41, 5.74) is -0.550. The summed E-state index contributed by atoms with van der Waals surface area (Å²) >= 11 is 1.29. The summed E-state index contributed by atoms with van der Waals surface area (Å²) in [6.07, 6.45) is 1.20. The number of carbonyl (C=O) groups excluding carboxylic acids is 2. The minimum absolute atomic E-state index is 0.0834. The molecule has 1 amide bonds. The van der Waals surface area contributed by atoms with Crippen molar-refractivity contribution in [2.24, 2.45) is 0 Å². The van der Waals surface area contributed by atoms with Crippen LogP contribution in [0.5, 0.6) is 0 Å². The second-order valence-corrected chi connectivity index (χ2v) is 6.30. The van der Waals surface area contributed by atoms with Crippen LogP contribution in [0.3, 0.4) is 0 Å². The number of hydrogen-bond donors (Lipinski definition) is 1. The minimum Gasteiger partial charge on any atom is -0.444 e. The summed E-state index contributed by atoms with van der Waals surface area (Å²) in [4.78, 5) is 27.6. The Morgan fingerprint density at radius 2 is 2.32 bits per heavy atom. The number of ketones is 1. The predicted molar refractivity (Wildman–Crippen MR) is 70.3 cm³/mol. The van der Waals surface area contributed by atoms with E-state index in [0.29, 0.717) is 11.6 Å². The number of thiazole rings is 1. The molecule has 2 rings (SSSR count). The molecule has 0 saturated carbocycles. The third-order valence-corrected chi connectivity index (χ3v) is 3.31. The molecule has 1 aromatic rings. The normalized spacial score (nSPS) is 19.5. The van der Waals surface area contributed by atoms with Crippen LogP contribution in [0.25, 0.3) is 0 Å².